The van der Waals surface area contributed by atoms with E-state index in [2.05, 4.69) is 41.5 Å². The smallest absolute Gasteiger partial charge is 0.0457 e. The van der Waals surface area contributed by atoms with Crippen LogP contribution in [0.2, 0.25) is 0 Å². The Balaban J connectivity index is 1.64. The van der Waals surface area contributed by atoms with Crippen molar-refractivity contribution in [1.29, 1.82) is 0 Å². The third kappa shape index (κ3) is 1.98. The number of H-pyrrole nitrogens is 1. The van der Waals surface area contributed by atoms with Gasteiger partial charge in [0.2, 0.25) is 0 Å². The van der Waals surface area contributed by atoms with Crippen molar-refractivity contribution in [3.8, 4) is 0 Å². The molecule has 0 amide bonds. The molecule has 2 aromatic rings. The fourth-order valence-electron chi connectivity index (χ4n) is 2.10. The second-order valence-electron chi connectivity index (χ2n) is 5.31. The van der Waals surface area contributed by atoms with E-state index >= 15 is 0 Å². The molecule has 0 saturated heterocycles. The molecule has 1 aliphatic carbocycles. The summed E-state index contributed by atoms with van der Waals surface area (Å²) in [5.74, 6) is 0. The Morgan fingerprint density at radius 1 is 1.31 bits per heavy atom. The van der Waals surface area contributed by atoms with Gasteiger partial charge in [-0.25, -0.2) is 0 Å². The van der Waals surface area contributed by atoms with E-state index in [4.69, 9.17) is 0 Å². The van der Waals surface area contributed by atoms with Gasteiger partial charge in [-0.05, 0) is 41.3 Å². The van der Waals surface area contributed by atoms with Crippen molar-refractivity contribution in [2.45, 2.75) is 26.3 Å². The van der Waals surface area contributed by atoms with Gasteiger partial charge < -0.3 is 10.3 Å². The number of fused-ring (bicyclic) bond motifs is 1. The molecule has 0 bridgehead atoms. The van der Waals surface area contributed by atoms with Crippen molar-refractivity contribution in [1.82, 2.24) is 10.3 Å². The Kier molecular flexibility index (Phi) is 2.25. The molecule has 2 heteroatoms. The Hall–Kier alpha value is -1.28. The van der Waals surface area contributed by atoms with Gasteiger partial charge in [-0.15, -0.1) is 0 Å². The summed E-state index contributed by atoms with van der Waals surface area (Å²) in [7, 11) is 0. The maximum Gasteiger partial charge on any atom is 0.0457 e. The molecule has 84 valence electrons. The Morgan fingerprint density at radius 2 is 2.19 bits per heavy atom. The van der Waals surface area contributed by atoms with Gasteiger partial charge in [0.05, 0.1) is 0 Å². The molecule has 3 rings (SSSR count). The summed E-state index contributed by atoms with van der Waals surface area (Å²) < 4.78 is 0. The summed E-state index contributed by atoms with van der Waals surface area (Å²) >= 11 is 0. The van der Waals surface area contributed by atoms with Crippen LogP contribution in [0.4, 0.5) is 0 Å². The van der Waals surface area contributed by atoms with Crippen LogP contribution in [0.5, 0.6) is 0 Å². The van der Waals surface area contributed by atoms with E-state index in [1.807, 2.05) is 6.20 Å². The quantitative estimate of drug-likeness (QED) is 0.804. The topological polar surface area (TPSA) is 27.8 Å². The first-order valence-corrected chi connectivity index (χ1v) is 6.02. The molecule has 2 nitrogen and oxygen atoms in total. The van der Waals surface area contributed by atoms with Gasteiger partial charge in [0, 0.05) is 24.8 Å². The SMILES string of the molecule is CC1(CNCc2ccc3cc[nH]c3c2)CC1. The normalized spacial score (nSPS) is 17.8. The number of hydrogen-bond acceptors (Lipinski definition) is 1. The average molecular weight is 214 g/mol. The fourth-order valence-corrected chi connectivity index (χ4v) is 2.10. The molecule has 1 heterocycles. The van der Waals surface area contributed by atoms with Crippen LogP contribution >= 0.6 is 0 Å². The summed E-state index contributed by atoms with van der Waals surface area (Å²) in [5, 5.41) is 4.84. The van der Waals surface area contributed by atoms with Gasteiger partial charge >= 0.3 is 0 Å². The predicted molar refractivity (Wildman–Crippen MR) is 67.3 cm³/mol. The minimum Gasteiger partial charge on any atom is -0.361 e. The van der Waals surface area contributed by atoms with Crippen LogP contribution in [0, 0.1) is 5.41 Å². The highest BCUT2D eigenvalue weighted by Gasteiger charge is 2.36. The minimum absolute atomic E-state index is 0.594. The van der Waals surface area contributed by atoms with E-state index < -0.39 is 0 Å². The molecule has 0 radical (unpaired) electrons. The molecule has 16 heavy (non-hydrogen) atoms. The summed E-state index contributed by atoms with van der Waals surface area (Å²) in [6.07, 6.45) is 4.76. The standard InChI is InChI=1S/C14H18N2/c1-14(5-6-14)10-15-9-11-2-3-12-4-7-16-13(12)8-11/h2-4,7-8,15-16H,5-6,9-10H2,1H3. The van der Waals surface area contributed by atoms with E-state index in [0.29, 0.717) is 5.41 Å². The van der Waals surface area contributed by atoms with Gasteiger partial charge in [-0.3, -0.25) is 0 Å². The number of rotatable bonds is 4. The van der Waals surface area contributed by atoms with Crippen LogP contribution in [0.15, 0.2) is 30.5 Å². The highest BCUT2D eigenvalue weighted by molar-refractivity contribution is 5.79. The lowest BCUT2D eigenvalue weighted by atomic mass is 10.1. The summed E-state index contributed by atoms with van der Waals surface area (Å²) in [6.45, 7) is 4.48. The van der Waals surface area contributed by atoms with Crippen LogP contribution in [-0.2, 0) is 6.54 Å². The molecule has 0 atom stereocenters. The first-order chi connectivity index (χ1) is 7.75. The fraction of sp³-hybridized carbons (Fsp3) is 0.429. The number of aromatic nitrogens is 1. The van der Waals surface area contributed by atoms with Crippen LogP contribution in [0.25, 0.3) is 10.9 Å². The average Bonchev–Trinajstić information content (AvgIpc) is 2.84. The Bertz CT molecular complexity index is 494. The van der Waals surface area contributed by atoms with Crippen molar-refractivity contribution in [3.63, 3.8) is 0 Å². The maximum absolute atomic E-state index is 3.55. The van der Waals surface area contributed by atoms with Crippen molar-refractivity contribution in [2.75, 3.05) is 6.54 Å². The van der Waals surface area contributed by atoms with Crippen molar-refractivity contribution in [3.05, 3.63) is 36.0 Å². The highest BCUT2D eigenvalue weighted by Crippen LogP contribution is 2.44. The first kappa shape index (κ1) is 9.91. The number of aromatic amines is 1. The van der Waals surface area contributed by atoms with Crippen molar-refractivity contribution < 1.29 is 0 Å². The van der Waals surface area contributed by atoms with Crippen LogP contribution in [0.3, 0.4) is 0 Å². The summed E-state index contributed by atoms with van der Waals surface area (Å²) in [4.78, 5) is 3.25. The third-order valence-corrected chi connectivity index (χ3v) is 3.60. The van der Waals surface area contributed by atoms with Crippen molar-refractivity contribution in [2.24, 2.45) is 5.41 Å². The summed E-state index contributed by atoms with van der Waals surface area (Å²) in [5.41, 5.74) is 3.19. The predicted octanol–water partition coefficient (Wildman–Crippen LogP) is 3.06. The minimum atomic E-state index is 0.594. The van der Waals surface area contributed by atoms with Crippen molar-refractivity contribution >= 4 is 10.9 Å². The molecule has 0 aliphatic heterocycles. The number of nitrogens with one attached hydrogen (secondary N) is 2. The lowest BCUT2D eigenvalue weighted by Crippen LogP contribution is -2.21. The molecular weight excluding hydrogens is 196 g/mol. The largest absolute Gasteiger partial charge is 0.361 e. The third-order valence-electron chi connectivity index (χ3n) is 3.60. The van der Waals surface area contributed by atoms with Crippen LogP contribution < -0.4 is 5.32 Å². The van der Waals surface area contributed by atoms with Gasteiger partial charge in [0.25, 0.3) is 0 Å². The lowest BCUT2D eigenvalue weighted by Gasteiger charge is -2.09. The van der Waals surface area contributed by atoms with E-state index in [-0.39, 0.29) is 0 Å². The van der Waals surface area contributed by atoms with Gasteiger partial charge in [-0.2, -0.15) is 0 Å². The number of hydrogen-bond donors (Lipinski definition) is 2. The molecule has 1 saturated carbocycles. The highest BCUT2D eigenvalue weighted by atomic mass is 14.9. The molecular formula is C14H18N2. The summed E-state index contributed by atoms with van der Waals surface area (Å²) in [6, 6.07) is 8.73. The maximum atomic E-state index is 3.55. The Labute approximate surface area is 96.1 Å². The van der Waals surface area contributed by atoms with E-state index in [9.17, 15) is 0 Å². The lowest BCUT2D eigenvalue weighted by molar-refractivity contribution is 0.499. The Morgan fingerprint density at radius 3 is 3.00 bits per heavy atom. The second-order valence-corrected chi connectivity index (χ2v) is 5.31. The second kappa shape index (κ2) is 3.63. The molecule has 1 fully saturated rings. The van der Waals surface area contributed by atoms with E-state index in [1.54, 1.807) is 0 Å². The number of benzene rings is 1. The molecule has 1 aliphatic rings. The van der Waals surface area contributed by atoms with E-state index in [1.165, 1.54) is 29.3 Å². The molecule has 1 aromatic carbocycles. The molecule has 1 aromatic heterocycles. The monoisotopic (exact) mass is 214 g/mol. The molecule has 0 spiro atoms. The van der Waals surface area contributed by atoms with Gasteiger partial charge in [-0.1, -0.05) is 19.1 Å². The van der Waals surface area contributed by atoms with Gasteiger partial charge in [0.1, 0.15) is 0 Å². The van der Waals surface area contributed by atoms with Gasteiger partial charge in [0.15, 0.2) is 0 Å². The van der Waals surface area contributed by atoms with E-state index in [0.717, 1.165) is 13.1 Å². The van der Waals surface area contributed by atoms with Crippen LogP contribution in [0.1, 0.15) is 25.3 Å². The zero-order chi connectivity index (χ0) is 11.0. The molecule has 2 N–H and O–H groups in total. The van der Waals surface area contributed by atoms with Crippen LogP contribution in [-0.4, -0.2) is 11.5 Å². The molecule has 0 unspecified atom stereocenters. The zero-order valence-corrected chi connectivity index (χ0v) is 9.72. The zero-order valence-electron chi connectivity index (χ0n) is 9.72. The first-order valence-electron chi connectivity index (χ1n) is 6.02.